The molecule has 0 radical (unpaired) electrons. The summed E-state index contributed by atoms with van der Waals surface area (Å²) in [5.41, 5.74) is 3.46. The summed E-state index contributed by atoms with van der Waals surface area (Å²) in [6.07, 6.45) is -4.32. The van der Waals surface area contributed by atoms with Crippen molar-refractivity contribution in [2.24, 2.45) is 0 Å². The third-order valence-corrected chi connectivity index (χ3v) is 2.85. The molecule has 1 aromatic carbocycles. The number of hydrogen-bond acceptors (Lipinski definition) is 4. The van der Waals surface area contributed by atoms with Gasteiger partial charge in [-0.2, -0.15) is 13.2 Å². The number of halogens is 3. The molecule has 1 aromatic heterocycles. The molecule has 1 heterocycles. The van der Waals surface area contributed by atoms with Crippen LogP contribution in [-0.2, 0) is 6.54 Å². The Morgan fingerprint density at radius 1 is 1.21 bits per heavy atom. The van der Waals surface area contributed by atoms with Gasteiger partial charge in [0.15, 0.2) is 6.61 Å². The van der Waals surface area contributed by atoms with Crippen molar-refractivity contribution in [1.29, 1.82) is 0 Å². The normalized spacial score (nSPS) is 11.3. The number of nitrogens with zero attached hydrogens (tertiary/aromatic N) is 1. The molecule has 0 saturated heterocycles. The van der Waals surface area contributed by atoms with Gasteiger partial charge in [0.25, 0.3) is 0 Å². The quantitative estimate of drug-likeness (QED) is 0.911. The fraction of sp³-hybridized carbons (Fsp3) is 0.250. The standard InChI is InChI=1S/C12H11F3N2OS/c13-12(14,15)7-18-11-3-1-9(2-4-11)16-5-10-6-19-8-17-10/h1-4,6,8,16H,5,7H2. The van der Waals surface area contributed by atoms with E-state index in [1.54, 1.807) is 17.6 Å². The molecule has 2 aromatic rings. The maximum atomic E-state index is 12.0. The van der Waals surface area contributed by atoms with E-state index in [0.717, 1.165) is 11.4 Å². The Kier molecular flexibility index (Phi) is 4.26. The molecule has 0 bridgehead atoms. The van der Waals surface area contributed by atoms with Crippen molar-refractivity contribution < 1.29 is 17.9 Å². The van der Waals surface area contributed by atoms with E-state index in [4.69, 9.17) is 0 Å². The molecule has 19 heavy (non-hydrogen) atoms. The lowest BCUT2D eigenvalue weighted by atomic mass is 10.3. The average molecular weight is 288 g/mol. The number of ether oxygens (including phenoxy) is 1. The summed E-state index contributed by atoms with van der Waals surface area (Å²) in [6.45, 7) is -0.704. The number of hydrogen-bond donors (Lipinski definition) is 1. The molecular formula is C12H11F3N2OS. The second-order valence-electron chi connectivity index (χ2n) is 3.76. The van der Waals surface area contributed by atoms with Crippen LogP contribution in [0.1, 0.15) is 5.69 Å². The summed E-state index contributed by atoms with van der Waals surface area (Å²) in [4.78, 5) is 4.11. The molecule has 0 aliphatic carbocycles. The molecule has 3 nitrogen and oxygen atoms in total. The first-order valence-corrected chi connectivity index (χ1v) is 6.38. The molecule has 0 aliphatic heterocycles. The molecule has 0 spiro atoms. The molecule has 102 valence electrons. The highest BCUT2D eigenvalue weighted by atomic mass is 32.1. The fourth-order valence-electron chi connectivity index (χ4n) is 1.35. The van der Waals surface area contributed by atoms with E-state index in [9.17, 15) is 13.2 Å². The minimum Gasteiger partial charge on any atom is -0.484 e. The Labute approximate surface area is 112 Å². The fourth-order valence-corrected chi connectivity index (χ4v) is 1.91. The lowest BCUT2D eigenvalue weighted by Gasteiger charge is -2.10. The van der Waals surface area contributed by atoms with E-state index in [-0.39, 0.29) is 5.75 Å². The smallest absolute Gasteiger partial charge is 0.422 e. The zero-order valence-electron chi connectivity index (χ0n) is 9.78. The number of aromatic nitrogens is 1. The maximum absolute atomic E-state index is 12.0. The second-order valence-corrected chi connectivity index (χ2v) is 4.48. The first-order valence-electron chi connectivity index (χ1n) is 5.43. The zero-order valence-corrected chi connectivity index (χ0v) is 10.6. The summed E-state index contributed by atoms with van der Waals surface area (Å²) >= 11 is 1.51. The predicted molar refractivity (Wildman–Crippen MR) is 67.4 cm³/mol. The van der Waals surface area contributed by atoms with E-state index < -0.39 is 12.8 Å². The molecule has 0 unspecified atom stereocenters. The first kappa shape index (κ1) is 13.7. The number of rotatable bonds is 5. The van der Waals surface area contributed by atoms with Crippen molar-refractivity contribution >= 4 is 17.0 Å². The molecule has 2 rings (SSSR count). The summed E-state index contributed by atoms with van der Waals surface area (Å²) in [5, 5.41) is 5.04. The molecule has 0 atom stereocenters. The largest absolute Gasteiger partial charge is 0.484 e. The van der Waals surface area contributed by atoms with Crippen LogP contribution in [0, 0.1) is 0 Å². The van der Waals surface area contributed by atoms with Gasteiger partial charge in [-0.25, -0.2) is 4.98 Å². The van der Waals surface area contributed by atoms with Gasteiger partial charge in [-0.1, -0.05) is 0 Å². The van der Waals surface area contributed by atoms with Crippen molar-refractivity contribution in [1.82, 2.24) is 4.98 Å². The highest BCUT2D eigenvalue weighted by Gasteiger charge is 2.28. The number of thiazole rings is 1. The van der Waals surface area contributed by atoms with E-state index in [2.05, 4.69) is 15.0 Å². The Hall–Kier alpha value is -1.76. The van der Waals surface area contributed by atoms with E-state index >= 15 is 0 Å². The van der Waals surface area contributed by atoms with Crippen molar-refractivity contribution in [2.75, 3.05) is 11.9 Å². The maximum Gasteiger partial charge on any atom is 0.422 e. The van der Waals surface area contributed by atoms with Crippen molar-refractivity contribution in [3.8, 4) is 5.75 Å². The Bertz CT molecular complexity index is 497. The lowest BCUT2D eigenvalue weighted by molar-refractivity contribution is -0.153. The van der Waals surface area contributed by atoms with Gasteiger partial charge in [-0.15, -0.1) is 11.3 Å². The van der Waals surface area contributed by atoms with Crippen LogP contribution in [0.5, 0.6) is 5.75 Å². The third kappa shape index (κ3) is 4.78. The molecule has 0 aliphatic rings. The first-order chi connectivity index (χ1) is 9.03. The summed E-state index contributed by atoms with van der Waals surface area (Å²) in [5.74, 6) is 0.191. The minimum absolute atomic E-state index is 0.191. The molecule has 0 saturated carbocycles. The monoisotopic (exact) mass is 288 g/mol. The molecule has 0 fully saturated rings. The zero-order chi connectivity index (χ0) is 13.7. The van der Waals surface area contributed by atoms with Crippen LogP contribution >= 0.6 is 11.3 Å². The summed E-state index contributed by atoms with van der Waals surface area (Å²) in [6, 6.07) is 6.32. The minimum atomic E-state index is -4.32. The Morgan fingerprint density at radius 2 is 1.95 bits per heavy atom. The van der Waals surface area contributed by atoms with Crippen LogP contribution in [0.25, 0.3) is 0 Å². The molecule has 7 heteroatoms. The van der Waals surface area contributed by atoms with Crippen LogP contribution in [0.2, 0.25) is 0 Å². The van der Waals surface area contributed by atoms with Gasteiger partial charge in [0, 0.05) is 11.1 Å². The van der Waals surface area contributed by atoms with Gasteiger partial charge in [0.1, 0.15) is 5.75 Å². The van der Waals surface area contributed by atoms with Crippen molar-refractivity contribution in [3.63, 3.8) is 0 Å². The van der Waals surface area contributed by atoms with E-state index in [1.807, 2.05) is 5.38 Å². The van der Waals surface area contributed by atoms with Crippen LogP contribution in [0.4, 0.5) is 18.9 Å². The number of benzene rings is 1. The van der Waals surface area contributed by atoms with Gasteiger partial charge in [0.05, 0.1) is 17.7 Å². The van der Waals surface area contributed by atoms with E-state index in [0.29, 0.717) is 6.54 Å². The predicted octanol–water partition coefficient (Wildman–Crippen LogP) is 3.70. The Balaban J connectivity index is 1.84. The van der Waals surface area contributed by atoms with Gasteiger partial charge in [0.2, 0.25) is 0 Å². The van der Waals surface area contributed by atoms with Crippen molar-refractivity contribution in [2.45, 2.75) is 12.7 Å². The van der Waals surface area contributed by atoms with Crippen molar-refractivity contribution in [3.05, 3.63) is 40.8 Å². The third-order valence-electron chi connectivity index (χ3n) is 2.21. The molecular weight excluding hydrogens is 277 g/mol. The Morgan fingerprint density at radius 3 is 2.53 bits per heavy atom. The van der Waals surface area contributed by atoms with Crippen LogP contribution in [0.3, 0.4) is 0 Å². The second kappa shape index (κ2) is 5.92. The van der Waals surface area contributed by atoms with Gasteiger partial charge in [-0.3, -0.25) is 0 Å². The van der Waals surface area contributed by atoms with Crippen LogP contribution in [0.15, 0.2) is 35.2 Å². The molecule has 1 N–H and O–H groups in total. The van der Waals surface area contributed by atoms with Crippen LogP contribution in [-0.4, -0.2) is 17.8 Å². The van der Waals surface area contributed by atoms with Crippen LogP contribution < -0.4 is 10.1 Å². The van der Waals surface area contributed by atoms with E-state index in [1.165, 1.54) is 23.5 Å². The highest BCUT2D eigenvalue weighted by Crippen LogP contribution is 2.20. The highest BCUT2D eigenvalue weighted by molar-refractivity contribution is 7.07. The van der Waals surface area contributed by atoms with Gasteiger partial charge < -0.3 is 10.1 Å². The lowest BCUT2D eigenvalue weighted by Crippen LogP contribution is -2.19. The van der Waals surface area contributed by atoms with Gasteiger partial charge >= 0.3 is 6.18 Å². The average Bonchev–Trinajstić information content (AvgIpc) is 2.87. The SMILES string of the molecule is FC(F)(F)COc1ccc(NCc2cscn2)cc1. The number of anilines is 1. The number of alkyl halides is 3. The summed E-state index contributed by atoms with van der Waals surface area (Å²) < 4.78 is 40.5. The molecule has 0 amide bonds. The van der Waals surface area contributed by atoms with Gasteiger partial charge in [-0.05, 0) is 24.3 Å². The number of nitrogens with one attached hydrogen (secondary N) is 1. The summed E-state index contributed by atoms with van der Waals surface area (Å²) in [7, 11) is 0. The topological polar surface area (TPSA) is 34.1 Å².